The Kier molecular flexibility index (Phi) is 6.23. The van der Waals surface area contributed by atoms with Crippen LogP contribution in [0.25, 0.3) is 10.6 Å². The van der Waals surface area contributed by atoms with Gasteiger partial charge in [-0.05, 0) is 11.4 Å². The maximum Gasteiger partial charge on any atom is 0.259 e. The van der Waals surface area contributed by atoms with Crippen LogP contribution < -0.4 is 5.32 Å². The largest absolute Gasteiger partial charge is 0.375 e. The summed E-state index contributed by atoms with van der Waals surface area (Å²) in [4.78, 5) is 41.3. The van der Waals surface area contributed by atoms with Crippen molar-refractivity contribution in [2.45, 2.75) is 6.42 Å². The van der Waals surface area contributed by atoms with Crippen LogP contribution in [0.5, 0.6) is 0 Å². The molecule has 0 aliphatic carbocycles. The molecule has 0 unspecified atom stereocenters. The number of imide groups is 1. The lowest BCUT2D eigenvalue weighted by Gasteiger charge is -2.04. The Hall–Kier alpha value is -2.68. The summed E-state index contributed by atoms with van der Waals surface area (Å²) in [5.74, 6) is -1.24. The van der Waals surface area contributed by atoms with Crippen molar-refractivity contribution in [1.82, 2.24) is 10.3 Å². The second-order valence-corrected chi connectivity index (χ2v) is 7.43. The molecule has 6 nitrogen and oxygen atoms in total. The molecule has 0 saturated heterocycles. The smallest absolute Gasteiger partial charge is 0.259 e. The molecule has 27 heavy (non-hydrogen) atoms. The molecular formula is C19H16N2O4S2. The number of methoxy groups -OCH3 is 1. The lowest BCUT2D eigenvalue weighted by molar-refractivity contribution is -0.123. The van der Waals surface area contributed by atoms with Crippen molar-refractivity contribution in [2.75, 3.05) is 13.7 Å². The maximum atomic E-state index is 12.6. The standard InChI is InChI=1S/C19H16N2O4S2/c1-25-10-17(23)21-18(24)13-7-8-26-16(13)9-15(22)14-11-27-19(20-14)12-5-3-2-4-6-12/h2-8,11H,9-10H2,1H3,(H,21,23,24). The van der Waals surface area contributed by atoms with E-state index >= 15 is 0 Å². The van der Waals surface area contributed by atoms with Crippen LogP contribution in [0.1, 0.15) is 25.7 Å². The molecule has 2 heterocycles. The minimum atomic E-state index is -0.538. The van der Waals surface area contributed by atoms with Gasteiger partial charge in [0, 0.05) is 29.4 Å². The summed E-state index contributed by atoms with van der Waals surface area (Å²) in [5.41, 5.74) is 1.64. The SMILES string of the molecule is COCC(=O)NC(=O)c1ccsc1CC(=O)c1csc(-c2ccccc2)n1. The third-order valence-corrected chi connectivity index (χ3v) is 5.46. The monoisotopic (exact) mass is 400 g/mol. The predicted octanol–water partition coefficient (Wildman–Crippen LogP) is 3.20. The Morgan fingerprint density at radius 3 is 2.63 bits per heavy atom. The average molecular weight is 400 g/mol. The van der Waals surface area contributed by atoms with E-state index < -0.39 is 11.8 Å². The van der Waals surface area contributed by atoms with Gasteiger partial charge in [-0.3, -0.25) is 19.7 Å². The molecule has 0 radical (unpaired) electrons. The molecule has 8 heteroatoms. The molecule has 3 aromatic rings. The number of Topliss-reactive ketones (excluding diaryl/α,β-unsaturated/α-hetero) is 1. The molecule has 0 aliphatic rings. The number of thiophene rings is 1. The summed E-state index contributed by atoms with van der Waals surface area (Å²) in [6.07, 6.45) is 0.0524. The highest BCUT2D eigenvalue weighted by atomic mass is 32.1. The number of ketones is 1. The van der Waals surface area contributed by atoms with E-state index in [1.165, 1.54) is 29.8 Å². The summed E-state index contributed by atoms with van der Waals surface area (Å²) in [6, 6.07) is 11.2. The summed E-state index contributed by atoms with van der Waals surface area (Å²) in [6.45, 7) is -0.203. The van der Waals surface area contributed by atoms with E-state index in [0.29, 0.717) is 16.1 Å². The molecule has 2 aromatic heterocycles. The van der Waals surface area contributed by atoms with Crippen LogP contribution in [0, 0.1) is 0 Å². The fourth-order valence-corrected chi connectivity index (χ4v) is 4.09. The van der Waals surface area contributed by atoms with Gasteiger partial charge in [-0.25, -0.2) is 4.98 Å². The van der Waals surface area contributed by atoms with E-state index in [4.69, 9.17) is 4.74 Å². The van der Waals surface area contributed by atoms with Crippen molar-refractivity contribution in [1.29, 1.82) is 0 Å². The van der Waals surface area contributed by atoms with Crippen molar-refractivity contribution in [3.8, 4) is 10.6 Å². The number of nitrogens with one attached hydrogen (secondary N) is 1. The molecule has 0 bridgehead atoms. The molecule has 0 saturated carbocycles. The minimum absolute atomic E-state index is 0.0524. The number of amides is 2. The first kappa shape index (κ1) is 19.1. The summed E-state index contributed by atoms with van der Waals surface area (Å²) in [5, 5.41) is 6.45. The van der Waals surface area contributed by atoms with Crippen LogP contribution in [0.15, 0.2) is 47.2 Å². The van der Waals surface area contributed by atoms with Gasteiger partial charge >= 0.3 is 0 Å². The highest BCUT2D eigenvalue weighted by Crippen LogP contribution is 2.25. The first-order chi connectivity index (χ1) is 13.1. The zero-order valence-corrected chi connectivity index (χ0v) is 16.1. The average Bonchev–Trinajstić information content (AvgIpc) is 3.32. The van der Waals surface area contributed by atoms with Gasteiger partial charge in [0.2, 0.25) is 0 Å². The number of rotatable bonds is 7. The Bertz CT molecular complexity index is 963. The topological polar surface area (TPSA) is 85.4 Å². The number of hydrogen-bond acceptors (Lipinski definition) is 7. The number of carbonyl (C=O) groups excluding carboxylic acids is 3. The van der Waals surface area contributed by atoms with Crippen LogP contribution in [-0.2, 0) is 16.0 Å². The fourth-order valence-electron chi connectivity index (χ4n) is 2.39. The normalized spacial score (nSPS) is 10.6. The molecule has 0 atom stereocenters. The number of aromatic nitrogens is 1. The zero-order chi connectivity index (χ0) is 19.2. The molecule has 1 aromatic carbocycles. The molecule has 0 fully saturated rings. The van der Waals surface area contributed by atoms with Crippen molar-refractivity contribution in [3.63, 3.8) is 0 Å². The number of carbonyl (C=O) groups is 3. The van der Waals surface area contributed by atoms with Gasteiger partial charge in [0.05, 0.1) is 5.56 Å². The van der Waals surface area contributed by atoms with E-state index in [1.807, 2.05) is 30.3 Å². The van der Waals surface area contributed by atoms with E-state index in [-0.39, 0.29) is 18.8 Å². The van der Waals surface area contributed by atoms with E-state index in [1.54, 1.807) is 16.8 Å². The predicted molar refractivity (Wildman–Crippen MR) is 104 cm³/mol. The van der Waals surface area contributed by atoms with Crippen molar-refractivity contribution >= 4 is 40.3 Å². The molecule has 2 amide bonds. The molecular weight excluding hydrogens is 384 g/mol. The quantitative estimate of drug-likeness (QED) is 0.616. The minimum Gasteiger partial charge on any atom is -0.375 e. The molecule has 0 aliphatic heterocycles. The van der Waals surface area contributed by atoms with Crippen LogP contribution in [0.3, 0.4) is 0 Å². The van der Waals surface area contributed by atoms with Gasteiger partial charge in [0.15, 0.2) is 5.78 Å². The van der Waals surface area contributed by atoms with Crippen molar-refractivity contribution in [3.05, 3.63) is 63.3 Å². The maximum absolute atomic E-state index is 12.6. The third-order valence-electron chi connectivity index (χ3n) is 3.65. The Morgan fingerprint density at radius 2 is 1.89 bits per heavy atom. The zero-order valence-electron chi connectivity index (χ0n) is 14.4. The van der Waals surface area contributed by atoms with Crippen LogP contribution in [-0.4, -0.2) is 36.3 Å². The number of benzene rings is 1. The number of thiazole rings is 1. The van der Waals surface area contributed by atoms with Gasteiger partial charge in [0.1, 0.15) is 17.3 Å². The van der Waals surface area contributed by atoms with Crippen LogP contribution in [0.2, 0.25) is 0 Å². The Morgan fingerprint density at radius 1 is 1.11 bits per heavy atom. The summed E-state index contributed by atoms with van der Waals surface area (Å²) >= 11 is 2.70. The summed E-state index contributed by atoms with van der Waals surface area (Å²) < 4.78 is 4.69. The Balaban J connectivity index is 1.71. The van der Waals surface area contributed by atoms with Crippen molar-refractivity contribution in [2.24, 2.45) is 0 Å². The molecule has 0 spiro atoms. The second-order valence-electron chi connectivity index (χ2n) is 5.57. The van der Waals surface area contributed by atoms with Crippen molar-refractivity contribution < 1.29 is 19.1 Å². The van der Waals surface area contributed by atoms with Gasteiger partial charge < -0.3 is 4.74 Å². The first-order valence-electron chi connectivity index (χ1n) is 8.02. The van der Waals surface area contributed by atoms with Crippen LogP contribution >= 0.6 is 22.7 Å². The number of ether oxygens (including phenoxy) is 1. The van der Waals surface area contributed by atoms with Gasteiger partial charge in [-0.1, -0.05) is 30.3 Å². The van der Waals surface area contributed by atoms with Gasteiger partial charge in [0.25, 0.3) is 11.8 Å². The molecule has 1 N–H and O–H groups in total. The fraction of sp³-hybridized carbons (Fsp3) is 0.158. The summed E-state index contributed by atoms with van der Waals surface area (Å²) in [7, 11) is 1.37. The van der Waals surface area contributed by atoms with Gasteiger partial charge in [-0.2, -0.15) is 0 Å². The number of hydrogen-bond donors (Lipinski definition) is 1. The van der Waals surface area contributed by atoms with Crippen LogP contribution in [0.4, 0.5) is 0 Å². The molecule has 138 valence electrons. The van der Waals surface area contributed by atoms with E-state index in [9.17, 15) is 14.4 Å². The van der Waals surface area contributed by atoms with E-state index in [2.05, 4.69) is 10.3 Å². The number of nitrogens with zero attached hydrogens (tertiary/aromatic N) is 1. The lowest BCUT2D eigenvalue weighted by Crippen LogP contribution is -2.33. The molecule has 3 rings (SSSR count). The van der Waals surface area contributed by atoms with Gasteiger partial charge in [-0.15, -0.1) is 22.7 Å². The Labute approximate surface area is 163 Å². The lowest BCUT2D eigenvalue weighted by atomic mass is 10.1. The first-order valence-corrected chi connectivity index (χ1v) is 9.78. The highest BCUT2D eigenvalue weighted by Gasteiger charge is 2.19. The second kappa shape index (κ2) is 8.81. The third kappa shape index (κ3) is 4.73. The highest BCUT2D eigenvalue weighted by molar-refractivity contribution is 7.13. The van der Waals surface area contributed by atoms with E-state index in [0.717, 1.165) is 10.6 Å².